The molecule has 2 aliphatic carbocycles. The summed E-state index contributed by atoms with van der Waals surface area (Å²) in [6.45, 7) is 10.0. The molecule has 1 aromatic heterocycles. The molecule has 218 valence electrons. The molecule has 2 heterocycles. The van der Waals surface area contributed by atoms with E-state index >= 15 is 0 Å². The lowest BCUT2D eigenvalue weighted by molar-refractivity contribution is -0.664. The lowest BCUT2D eigenvalue weighted by Crippen LogP contribution is -2.34. The van der Waals surface area contributed by atoms with Gasteiger partial charge in [-0.15, -0.1) is 0 Å². The first-order chi connectivity index (χ1) is 20.3. The highest BCUT2D eigenvalue weighted by atomic mass is 32.1. The summed E-state index contributed by atoms with van der Waals surface area (Å²) in [6.07, 6.45) is 12.1. The molecule has 1 fully saturated rings. The summed E-state index contributed by atoms with van der Waals surface area (Å²) in [4.78, 5) is 2.47. The number of fused-ring (bicyclic) bond motifs is 4. The van der Waals surface area contributed by atoms with E-state index in [1.54, 1.807) is 0 Å². The fourth-order valence-electron chi connectivity index (χ4n) is 6.30. The van der Waals surface area contributed by atoms with Crippen molar-refractivity contribution in [1.29, 1.82) is 0 Å². The van der Waals surface area contributed by atoms with Gasteiger partial charge in [-0.2, -0.15) is 4.57 Å². The summed E-state index contributed by atoms with van der Waals surface area (Å²) in [7, 11) is 0. The second-order valence-electron chi connectivity index (χ2n) is 11.0. The monoisotopic (exact) mass is 575 g/mol. The molecule has 0 amide bonds. The zero-order chi connectivity index (χ0) is 27.9. The molecule has 0 spiro atoms. The molecule has 1 unspecified atom stereocenters. The maximum absolute atomic E-state index is 5.89. The Kier molecular flexibility index (Phi) is 9.81. The summed E-state index contributed by atoms with van der Waals surface area (Å²) in [5, 5.41) is 4.00. The minimum absolute atomic E-state index is 0.605. The largest absolute Gasteiger partial charge is 0.377 e. The highest BCUT2D eigenvalue weighted by Gasteiger charge is 2.26. The Morgan fingerprint density at radius 2 is 1.51 bits per heavy atom. The van der Waals surface area contributed by atoms with Crippen molar-refractivity contribution in [3.05, 3.63) is 70.4 Å². The van der Waals surface area contributed by atoms with Crippen molar-refractivity contribution < 1.29 is 23.5 Å². The van der Waals surface area contributed by atoms with Crippen LogP contribution in [0.2, 0.25) is 0 Å². The Bertz CT molecular complexity index is 1410. The van der Waals surface area contributed by atoms with Gasteiger partial charge in [-0.1, -0.05) is 41.7 Å². The van der Waals surface area contributed by atoms with Crippen LogP contribution in [0.4, 0.5) is 0 Å². The SMILES string of the molecule is CC[n+]1c(/C=C2\C=C3C=C(N4CCOCCOCCOCCOCC4)CCC3CC2)sc2ccc3ccccc3c21. The lowest BCUT2D eigenvalue weighted by Gasteiger charge is -2.34. The minimum Gasteiger partial charge on any atom is -0.377 e. The van der Waals surface area contributed by atoms with Crippen LogP contribution in [0, 0.1) is 5.92 Å². The number of rotatable bonds is 3. The van der Waals surface area contributed by atoms with E-state index in [4.69, 9.17) is 18.9 Å². The fraction of sp³-hybridized carbons (Fsp3) is 0.500. The first-order valence-electron chi connectivity index (χ1n) is 15.3. The van der Waals surface area contributed by atoms with Crippen LogP contribution in [0.1, 0.15) is 37.6 Å². The molecule has 0 saturated carbocycles. The number of ether oxygens (including phenoxy) is 4. The third kappa shape index (κ3) is 6.92. The molecule has 1 saturated heterocycles. The summed E-state index contributed by atoms with van der Waals surface area (Å²) >= 11 is 1.91. The fourth-order valence-corrected chi connectivity index (χ4v) is 7.52. The third-order valence-electron chi connectivity index (χ3n) is 8.46. The molecule has 0 N–H and O–H groups in total. The number of aryl methyl sites for hydroxylation is 1. The van der Waals surface area contributed by atoms with Crippen molar-refractivity contribution in [3.63, 3.8) is 0 Å². The maximum Gasteiger partial charge on any atom is 0.263 e. The Morgan fingerprint density at radius 1 is 0.829 bits per heavy atom. The van der Waals surface area contributed by atoms with Gasteiger partial charge in [0.15, 0.2) is 0 Å². The van der Waals surface area contributed by atoms with Crippen LogP contribution in [0.25, 0.3) is 27.1 Å². The van der Waals surface area contributed by atoms with E-state index in [9.17, 15) is 0 Å². The second kappa shape index (κ2) is 14.1. The van der Waals surface area contributed by atoms with E-state index in [0.717, 1.165) is 32.5 Å². The molecule has 0 radical (unpaired) electrons. The van der Waals surface area contributed by atoms with E-state index in [1.807, 2.05) is 11.3 Å². The smallest absolute Gasteiger partial charge is 0.263 e. The highest BCUT2D eigenvalue weighted by molar-refractivity contribution is 7.19. The van der Waals surface area contributed by atoms with Crippen LogP contribution in [0.5, 0.6) is 0 Å². The van der Waals surface area contributed by atoms with E-state index in [2.05, 4.69) is 71.0 Å². The number of allylic oxidation sites excluding steroid dienone is 5. The van der Waals surface area contributed by atoms with Crippen LogP contribution in [0.15, 0.2) is 65.4 Å². The van der Waals surface area contributed by atoms with E-state index < -0.39 is 0 Å². The maximum atomic E-state index is 5.89. The van der Waals surface area contributed by atoms with Gasteiger partial charge in [-0.05, 0) is 73.3 Å². The quantitative estimate of drug-likeness (QED) is 0.351. The van der Waals surface area contributed by atoms with Gasteiger partial charge >= 0.3 is 0 Å². The van der Waals surface area contributed by atoms with Crippen molar-refractivity contribution in [2.75, 3.05) is 65.9 Å². The van der Waals surface area contributed by atoms with Gasteiger partial charge in [0.25, 0.3) is 5.01 Å². The van der Waals surface area contributed by atoms with Crippen LogP contribution in [-0.2, 0) is 25.5 Å². The molecule has 6 nitrogen and oxygen atoms in total. The first kappa shape index (κ1) is 28.6. The van der Waals surface area contributed by atoms with Gasteiger partial charge in [0.1, 0.15) is 11.2 Å². The van der Waals surface area contributed by atoms with E-state index in [-0.39, 0.29) is 0 Å². The predicted octanol–water partition coefficient (Wildman–Crippen LogP) is 6.14. The molecule has 3 aromatic rings. The van der Waals surface area contributed by atoms with Gasteiger partial charge < -0.3 is 23.8 Å². The topological polar surface area (TPSA) is 44.0 Å². The Labute approximate surface area is 247 Å². The van der Waals surface area contributed by atoms with Crippen molar-refractivity contribution in [2.24, 2.45) is 5.92 Å². The molecular formula is C34H43N2O4S+. The molecule has 1 atom stereocenters. The van der Waals surface area contributed by atoms with Crippen LogP contribution >= 0.6 is 11.3 Å². The van der Waals surface area contributed by atoms with Crippen LogP contribution in [0.3, 0.4) is 0 Å². The molecule has 3 aliphatic rings. The first-order valence-corrected chi connectivity index (χ1v) is 16.1. The number of thiazole rings is 1. The van der Waals surface area contributed by atoms with Crippen molar-refractivity contribution >= 4 is 38.4 Å². The van der Waals surface area contributed by atoms with Gasteiger partial charge in [0, 0.05) is 24.9 Å². The summed E-state index contributed by atoms with van der Waals surface area (Å²) in [5.74, 6) is 0.658. The predicted molar refractivity (Wildman–Crippen MR) is 166 cm³/mol. The Morgan fingerprint density at radius 3 is 2.24 bits per heavy atom. The van der Waals surface area contributed by atoms with Crippen LogP contribution < -0.4 is 4.57 Å². The molecule has 41 heavy (non-hydrogen) atoms. The Balaban J connectivity index is 1.23. The number of nitrogens with zero attached hydrogens (tertiary/aromatic N) is 2. The van der Waals surface area contributed by atoms with Crippen molar-refractivity contribution in [1.82, 2.24) is 4.90 Å². The van der Waals surface area contributed by atoms with Gasteiger partial charge in [-0.3, -0.25) is 0 Å². The number of benzene rings is 2. The Hall–Kier alpha value is -2.55. The zero-order valence-corrected chi connectivity index (χ0v) is 25.1. The second-order valence-corrected chi connectivity index (χ2v) is 12.1. The van der Waals surface area contributed by atoms with Crippen molar-refractivity contribution in [3.8, 4) is 0 Å². The lowest BCUT2D eigenvalue weighted by atomic mass is 9.78. The summed E-state index contributed by atoms with van der Waals surface area (Å²) in [6, 6.07) is 13.3. The number of hydrogen-bond acceptors (Lipinski definition) is 6. The molecule has 6 rings (SSSR count). The van der Waals surface area contributed by atoms with Gasteiger partial charge in [-0.25, -0.2) is 0 Å². The number of aromatic nitrogens is 1. The molecule has 1 aliphatic heterocycles. The third-order valence-corrected chi connectivity index (χ3v) is 9.56. The standard InChI is InChI=1S/C34H43N2O4S/c1-2-36-33(41-32-12-10-28-5-3-4-6-31(28)34(32)36)24-26-7-8-27-9-11-30(25-29(27)23-26)35-13-15-37-17-19-39-21-22-40-20-18-38-16-14-35/h3-6,10,12,23-25,27H,2,7-9,11,13-22H2,1H3/q+1. The molecular weight excluding hydrogens is 532 g/mol. The molecule has 0 bridgehead atoms. The zero-order valence-electron chi connectivity index (χ0n) is 24.3. The highest BCUT2D eigenvalue weighted by Crippen LogP contribution is 2.39. The van der Waals surface area contributed by atoms with E-state index in [1.165, 1.54) is 55.7 Å². The average molecular weight is 576 g/mol. The normalized spacial score (nSPS) is 23.1. The minimum atomic E-state index is 0.605. The molecule has 7 heteroatoms. The van der Waals surface area contributed by atoms with Gasteiger partial charge in [0.2, 0.25) is 5.52 Å². The summed E-state index contributed by atoms with van der Waals surface area (Å²) < 4.78 is 26.8. The van der Waals surface area contributed by atoms with Crippen molar-refractivity contribution in [2.45, 2.75) is 39.2 Å². The number of hydrogen-bond donors (Lipinski definition) is 0. The average Bonchev–Trinajstić information content (AvgIpc) is 3.36. The molecule has 2 aromatic carbocycles. The van der Waals surface area contributed by atoms with E-state index in [0.29, 0.717) is 58.8 Å². The van der Waals surface area contributed by atoms with Crippen LogP contribution in [-0.4, -0.2) is 70.8 Å². The summed E-state index contributed by atoms with van der Waals surface area (Å²) in [5.41, 5.74) is 5.70. The van der Waals surface area contributed by atoms with Gasteiger partial charge in [0.05, 0.1) is 58.2 Å².